The number of nitrogens with zero attached hydrogens (tertiary/aromatic N) is 2. The molecule has 0 unspecified atom stereocenters. The van der Waals surface area contributed by atoms with Gasteiger partial charge in [0.05, 0.1) is 24.2 Å². The van der Waals surface area contributed by atoms with Crippen molar-refractivity contribution in [3.05, 3.63) is 42.6 Å². The molecular formula is C15H15FN2O4S. The van der Waals surface area contributed by atoms with Crippen LogP contribution in [0.15, 0.2) is 36.8 Å². The Morgan fingerprint density at radius 3 is 2.70 bits per heavy atom. The summed E-state index contributed by atoms with van der Waals surface area (Å²) in [6, 6.07) is 4.49. The van der Waals surface area contributed by atoms with E-state index < -0.39 is 29.6 Å². The van der Waals surface area contributed by atoms with Crippen LogP contribution in [0, 0.1) is 5.82 Å². The Morgan fingerprint density at radius 2 is 1.96 bits per heavy atom. The van der Waals surface area contributed by atoms with Crippen molar-refractivity contribution in [3.8, 4) is 17.0 Å². The van der Waals surface area contributed by atoms with Gasteiger partial charge in [-0.05, 0) is 18.2 Å². The Labute approximate surface area is 136 Å². The Balaban J connectivity index is 1.76. The zero-order valence-electron chi connectivity index (χ0n) is 11.9. The minimum Gasteiger partial charge on any atom is -0.475 e. The maximum absolute atomic E-state index is 12.9. The molecule has 0 amide bonds. The topological polar surface area (TPSA) is 95.7 Å². The number of ether oxygens (including phenoxy) is 1. The Kier molecular flexibility index (Phi) is 4.76. The van der Waals surface area contributed by atoms with Crippen molar-refractivity contribution < 1.29 is 24.4 Å². The lowest BCUT2D eigenvalue weighted by Crippen LogP contribution is -2.50. The number of pyridine rings is 2. The zero-order chi connectivity index (χ0) is 16.4. The van der Waals surface area contributed by atoms with Gasteiger partial charge in [-0.3, -0.25) is 9.97 Å². The highest BCUT2D eigenvalue weighted by Crippen LogP contribution is 2.30. The van der Waals surface area contributed by atoms with Crippen molar-refractivity contribution in [1.29, 1.82) is 0 Å². The quantitative estimate of drug-likeness (QED) is 0.762. The van der Waals surface area contributed by atoms with Crippen molar-refractivity contribution in [2.24, 2.45) is 0 Å². The Bertz CT molecular complexity index is 673. The van der Waals surface area contributed by atoms with Crippen LogP contribution in [-0.2, 0) is 0 Å². The lowest BCUT2D eigenvalue weighted by molar-refractivity contribution is -0.0786. The van der Waals surface area contributed by atoms with Crippen LogP contribution in [0.25, 0.3) is 11.3 Å². The Hall–Kier alpha value is -1.74. The molecule has 23 heavy (non-hydrogen) atoms. The first kappa shape index (κ1) is 16.1. The molecule has 3 heterocycles. The summed E-state index contributed by atoms with van der Waals surface area (Å²) in [5, 5.41) is 29.2. The summed E-state index contributed by atoms with van der Waals surface area (Å²) in [6.45, 7) is 0. The van der Waals surface area contributed by atoms with E-state index >= 15 is 0 Å². The highest BCUT2D eigenvalue weighted by molar-refractivity contribution is 7.99. The van der Waals surface area contributed by atoms with Crippen molar-refractivity contribution in [3.63, 3.8) is 0 Å². The fourth-order valence-corrected chi connectivity index (χ4v) is 3.31. The number of aliphatic hydroxyl groups is 3. The van der Waals surface area contributed by atoms with Crippen LogP contribution < -0.4 is 4.74 Å². The second-order valence-electron chi connectivity index (χ2n) is 5.14. The first-order valence-corrected chi connectivity index (χ1v) is 7.99. The lowest BCUT2D eigenvalue weighted by Gasteiger charge is -2.34. The molecule has 1 aliphatic heterocycles. The van der Waals surface area contributed by atoms with E-state index in [1.165, 1.54) is 30.1 Å². The van der Waals surface area contributed by atoms with Crippen LogP contribution in [0.1, 0.15) is 0 Å². The van der Waals surface area contributed by atoms with Crippen LogP contribution in [0.4, 0.5) is 4.39 Å². The highest BCUT2D eigenvalue weighted by Gasteiger charge is 2.38. The first-order valence-electron chi connectivity index (χ1n) is 6.94. The SMILES string of the molecule is O[C@@H]1[C@@H](O)[C@@H](Oc2cncc(-c3ccc(F)cn3)c2)SC[C@H]1O. The second kappa shape index (κ2) is 6.79. The number of aliphatic hydroxyl groups excluding tert-OH is 3. The second-order valence-corrected chi connectivity index (χ2v) is 6.27. The molecule has 0 spiro atoms. The molecule has 2 aromatic heterocycles. The van der Waals surface area contributed by atoms with E-state index in [4.69, 9.17) is 4.74 Å². The number of hydrogen-bond acceptors (Lipinski definition) is 7. The van der Waals surface area contributed by atoms with Gasteiger partial charge in [0.2, 0.25) is 0 Å². The molecule has 0 aliphatic carbocycles. The van der Waals surface area contributed by atoms with Gasteiger partial charge in [-0.2, -0.15) is 0 Å². The molecular weight excluding hydrogens is 323 g/mol. The van der Waals surface area contributed by atoms with E-state index in [0.29, 0.717) is 17.0 Å². The minimum atomic E-state index is -1.25. The summed E-state index contributed by atoms with van der Waals surface area (Å²) < 4.78 is 18.6. The summed E-state index contributed by atoms with van der Waals surface area (Å²) >= 11 is 1.21. The lowest BCUT2D eigenvalue weighted by atomic mass is 10.1. The van der Waals surface area contributed by atoms with Crippen LogP contribution in [-0.4, -0.2) is 54.8 Å². The zero-order valence-corrected chi connectivity index (χ0v) is 12.7. The van der Waals surface area contributed by atoms with Gasteiger partial charge in [0.1, 0.15) is 23.8 Å². The fraction of sp³-hybridized carbons (Fsp3) is 0.333. The van der Waals surface area contributed by atoms with Crippen LogP contribution >= 0.6 is 11.8 Å². The van der Waals surface area contributed by atoms with E-state index in [2.05, 4.69) is 9.97 Å². The molecule has 3 rings (SSSR count). The van der Waals surface area contributed by atoms with Gasteiger partial charge >= 0.3 is 0 Å². The fourth-order valence-electron chi connectivity index (χ4n) is 2.19. The summed E-state index contributed by atoms with van der Waals surface area (Å²) in [5.41, 5.74) is 0.460. The number of thioether (sulfide) groups is 1. The third kappa shape index (κ3) is 3.61. The molecule has 3 N–H and O–H groups in total. The van der Waals surface area contributed by atoms with E-state index in [1.807, 2.05) is 0 Å². The number of hydrogen-bond donors (Lipinski definition) is 3. The van der Waals surface area contributed by atoms with Crippen LogP contribution in [0.5, 0.6) is 5.75 Å². The molecule has 8 heteroatoms. The molecule has 0 aromatic carbocycles. The highest BCUT2D eigenvalue weighted by atomic mass is 32.2. The van der Waals surface area contributed by atoms with Crippen molar-refractivity contribution in [1.82, 2.24) is 9.97 Å². The first-order chi connectivity index (χ1) is 11.0. The maximum Gasteiger partial charge on any atom is 0.173 e. The molecule has 0 radical (unpaired) electrons. The standard InChI is InChI=1S/C15H15FN2O4S/c16-9-1-2-11(18-5-9)8-3-10(6-17-4-8)22-15-14(21)13(20)12(19)7-23-15/h1-6,12-15,19-21H,7H2/t12-,13+,14-,15+/m1/s1. The number of rotatable bonds is 3. The summed E-state index contributed by atoms with van der Waals surface area (Å²) in [7, 11) is 0. The van der Waals surface area contributed by atoms with Gasteiger partial charge in [-0.25, -0.2) is 4.39 Å². The molecule has 0 bridgehead atoms. The number of halogens is 1. The third-order valence-electron chi connectivity index (χ3n) is 3.44. The van der Waals surface area contributed by atoms with Gasteiger partial charge < -0.3 is 20.1 Å². The average molecular weight is 338 g/mol. The average Bonchev–Trinajstić information content (AvgIpc) is 2.56. The monoisotopic (exact) mass is 338 g/mol. The third-order valence-corrected chi connectivity index (χ3v) is 4.68. The number of aromatic nitrogens is 2. The largest absolute Gasteiger partial charge is 0.475 e. The maximum atomic E-state index is 12.9. The van der Waals surface area contributed by atoms with Gasteiger partial charge in [-0.15, -0.1) is 11.8 Å². The minimum absolute atomic E-state index is 0.259. The molecule has 1 saturated heterocycles. The molecule has 1 aliphatic rings. The summed E-state index contributed by atoms with van der Waals surface area (Å²) in [6.07, 6.45) is 0.699. The normalized spacial score (nSPS) is 27.7. The van der Waals surface area contributed by atoms with Crippen molar-refractivity contribution >= 4 is 11.8 Å². The molecule has 1 fully saturated rings. The summed E-state index contributed by atoms with van der Waals surface area (Å²) in [4.78, 5) is 8.02. The predicted octanol–water partition coefficient (Wildman–Crippen LogP) is 0.817. The van der Waals surface area contributed by atoms with Gasteiger partial charge in [0, 0.05) is 17.5 Å². The van der Waals surface area contributed by atoms with Crippen molar-refractivity contribution in [2.75, 3.05) is 5.75 Å². The summed E-state index contributed by atoms with van der Waals surface area (Å²) in [5.74, 6) is 0.215. The Morgan fingerprint density at radius 1 is 1.13 bits per heavy atom. The van der Waals surface area contributed by atoms with E-state index in [0.717, 1.165) is 6.20 Å². The molecule has 6 nitrogen and oxygen atoms in total. The van der Waals surface area contributed by atoms with E-state index in [1.54, 1.807) is 12.3 Å². The van der Waals surface area contributed by atoms with Gasteiger partial charge in [-0.1, -0.05) is 0 Å². The van der Waals surface area contributed by atoms with Crippen molar-refractivity contribution in [2.45, 2.75) is 23.7 Å². The van der Waals surface area contributed by atoms with E-state index in [-0.39, 0.29) is 5.75 Å². The van der Waals surface area contributed by atoms with Crippen LogP contribution in [0.2, 0.25) is 0 Å². The molecule has 0 saturated carbocycles. The van der Waals surface area contributed by atoms with Gasteiger partial charge in [0.25, 0.3) is 0 Å². The predicted molar refractivity (Wildman–Crippen MR) is 82.3 cm³/mol. The van der Waals surface area contributed by atoms with Gasteiger partial charge in [0.15, 0.2) is 5.44 Å². The van der Waals surface area contributed by atoms with Crippen LogP contribution in [0.3, 0.4) is 0 Å². The molecule has 4 atom stereocenters. The molecule has 122 valence electrons. The van der Waals surface area contributed by atoms with E-state index in [9.17, 15) is 19.7 Å². The molecule has 2 aromatic rings. The smallest absolute Gasteiger partial charge is 0.173 e.